The number of nitrogens with one attached hydrogen (secondary N) is 2. The van der Waals surface area contributed by atoms with Gasteiger partial charge >= 0.3 is 0 Å². The zero-order chi connectivity index (χ0) is 17.3. The van der Waals surface area contributed by atoms with Gasteiger partial charge in [-0.15, -0.1) is 24.0 Å². The fourth-order valence-electron chi connectivity index (χ4n) is 3.28. The number of pyridine rings is 1. The summed E-state index contributed by atoms with van der Waals surface area (Å²) in [5.74, 6) is 2.92. The van der Waals surface area contributed by atoms with Crippen LogP contribution >= 0.6 is 35.7 Å². The van der Waals surface area contributed by atoms with Crippen LogP contribution in [0.2, 0.25) is 0 Å². The van der Waals surface area contributed by atoms with Gasteiger partial charge in [0.05, 0.1) is 6.54 Å². The maximum Gasteiger partial charge on any atom is 0.213 e. The molecule has 146 valence electrons. The second-order valence-electron chi connectivity index (χ2n) is 6.74. The number of nitrogens with zero attached hydrogens (tertiary/aromatic N) is 2. The number of hydrogen-bond acceptors (Lipinski definition) is 4. The first kappa shape index (κ1) is 21.6. The van der Waals surface area contributed by atoms with Crippen LogP contribution < -0.4 is 15.4 Å². The van der Waals surface area contributed by atoms with Crippen LogP contribution in [0.25, 0.3) is 0 Å². The summed E-state index contributed by atoms with van der Waals surface area (Å²) in [5, 5.41) is 7.51. The number of thioether (sulfide) groups is 1. The van der Waals surface area contributed by atoms with Gasteiger partial charge in [0.25, 0.3) is 0 Å². The van der Waals surface area contributed by atoms with E-state index in [1.54, 1.807) is 0 Å². The molecule has 1 saturated heterocycles. The van der Waals surface area contributed by atoms with Crippen LogP contribution in [0, 0.1) is 0 Å². The van der Waals surface area contributed by atoms with E-state index in [0.29, 0.717) is 12.6 Å². The van der Waals surface area contributed by atoms with E-state index in [-0.39, 0.29) is 24.0 Å². The Morgan fingerprint density at radius 3 is 2.73 bits per heavy atom. The molecule has 0 amide bonds. The summed E-state index contributed by atoms with van der Waals surface area (Å²) in [6.07, 6.45) is 9.75. The van der Waals surface area contributed by atoms with Crippen molar-refractivity contribution in [2.75, 3.05) is 18.8 Å². The average Bonchev–Trinajstić information content (AvgIpc) is 3.32. The molecule has 1 aromatic heterocycles. The maximum atomic E-state index is 5.92. The molecular weight excluding hydrogens is 459 g/mol. The van der Waals surface area contributed by atoms with Gasteiger partial charge in [0.2, 0.25) is 5.88 Å². The minimum absolute atomic E-state index is 0. The normalized spacial score (nSPS) is 20.7. The highest BCUT2D eigenvalue weighted by Gasteiger charge is 2.17. The fourth-order valence-corrected chi connectivity index (χ4v) is 4.48. The minimum Gasteiger partial charge on any atom is -0.474 e. The van der Waals surface area contributed by atoms with Gasteiger partial charge in [-0.25, -0.2) is 9.98 Å². The molecule has 1 saturated carbocycles. The smallest absolute Gasteiger partial charge is 0.213 e. The summed E-state index contributed by atoms with van der Waals surface area (Å²) in [5.41, 5.74) is 1.10. The molecule has 3 rings (SSSR count). The largest absolute Gasteiger partial charge is 0.474 e. The van der Waals surface area contributed by atoms with Gasteiger partial charge in [-0.2, -0.15) is 11.8 Å². The van der Waals surface area contributed by atoms with Crippen molar-refractivity contribution in [1.29, 1.82) is 0 Å². The molecule has 1 aromatic rings. The molecule has 0 aromatic carbocycles. The van der Waals surface area contributed by atoms with Crippen molar-refractivity contribution in [3.63, 3.8) is 0 Å². The lowest BCUT2D eigenvalue weighted by atomic mass is 10.2. The summed E-state index contributed by atoms with van der Waals surface area (Å²) in [6.45, 7) is 4.58. The molecule has 7 heteroatoms. The molecule has 0 radical (unpaired) electrons. The molecule has 2 fully saturated rings. The van der Waals surface area contributed by atoms with E-state index in [0.717, 1.165) is 48.6 Å². The lowest BCUT2D eigenvalue weighted by Crippen LogP contribution is -2.40. The Bertz CT molecular complexity index is 543. The number of rotatable bonds is 7. The number of aliphatic imine (C=N–C) groups is 1. The predicted molar refractivity (Wildman–Crippen MR) is 121 cm³/mol. The maximum absolute atomic E-state index is 5.92. The summed E-state index contributed by atoms with van der Waals surface area (Å²) < 4.78 is 5.92. The topological polar surface area (TPSA) is 58.5 Å². The zero-order valence-electron chi connectivity index (χ0n) is 15.6. The Morgan fingerprint density at radius 1 is 1.23 bits per heavy atom. The molecule has 1 unspecified atom stereocenters. The first-order chi connectivity index (χ1) is 12.3. The monoisotopic (exact) mass is 490 g/mol. The van der Waals surface area contributed by atoms with Crippen LogP contribution in [0.5, 0.6) is 5.88 Å². The van der Waals surface area contributed by atoms with Crippen molar-refractivity contribution >= 4 is 41.7 Å². The number of halogens is 1. The van der Waals surface area contributed by atoms with Crippen molar-refractivity contribution in [3.8, 4) is 5.88 Å². The van der Waals surface area contributed by atoms with Gasteiger partial charge in [-0.1, -0.05) is 6.07 Å². The van der Waals surface area contributed by atoms with Crippen LogP contribution in [0.3, 0.4) is 0 Å². The third-order valence-corrected chi connectivity index (χ3v) is 6.07. The molecule has 0 spiro atoms. The number of hydrogen-bond donors (Lipinski definition) is 2. The average molecular weight is 490 g/mol. The third kappa shape index (κ3) is 7.13. The van der Waals surface area contributed by atoms with Gasteiger partial charge in [-0.05, 0) is 56.8 Å². The van der Waals surface area contributed by atoms with Crippen molar-refractivity contribution in [3.05, 3.63) is 23.9 Å². The SMILES string of the molecule is CCNC(=NCc1ccc(OC2CCCC2)nc1)NCC1CCCS1.I. The van der Waals surface area contributed by atoms with Crippen LogP contribution in [0.15, 0.2) is 23.3 Å². The third-order valence-electron chi connectivity index (χ3n) is 4.67. The Kier molecular flexibility index (Phi) is 9.88. The quantitative estimate of drug-likeness (QED) is 0.344. The van der Waals surface area contributed by atoms with Gasteiger partial charge in [-0.3, -0.25) is 0 Å². The molecular formula is C19H31IN4OS. The summed E-state index contributed by atoms with van der Waals surface area (Å²) in [4.78, 5) is 9.12. The number of aromatic nitrogens is 1. The van der Waals surface area contributed by atoms with Crippen molar-refractivity contribution in [1.82, 2.24) is 15.6 Å². The van der Waals surface area contributed by atoms with Crippen LogP contribution in [-0.2, 0) is 6.54 Å². The molecule has 2 aliphatic rings. The summed E-state index contributed by atoms with van der Waals surface area (Å²) >= 11 is 2.06. The van der Waals surface area contributed by atoms with Crippen LogP contribution in [0.4, 0.5) is 0 Å². The number of ether oxygens (including phenoxy) is 1. The van der Waals surface area contributed by atoms with Gasteiger partial charge in [0, 0.05) is 30.6 Å². The van der Waals surface area contributed by atoms with E-state index in [9.17, 15) is 0 Å². The lowest BCUT2D eigenvalue weighted by Gasteiger charge is -2.14. The molecule has 1 aliphatic carbocycles. The first-order valence-electron chi connectivity index (χ1n) is 9.59. The molecule has 2 heterocycles. The molecule has 2 N–H and O–H groups in total. The first-order valence-corrected chi connectivity index (χ1v) is 10.6. The minimum atomic E-state index is 0. The van der Waals surface area contributed by atoms with Crippen molar-refractivity contribution < 1.29 is 4.74 Å². The standard InChI is InChI=1S/C19H30N4OS.HI/c1-2-20-19(23-14-17-8-5-11-25-17)22-13-15-9-10-18(21-12-15)24-16-6-3-4-7-16;/h9-10,12,16-17H,2-8,11,13-14H2,1H3,(H2,20,22,23);1H. The Balaban J connectivity index is 0.00000243. The summed E-state index contributed by atoms with van der Waals surface area (Å²) in [6, 6.07) is 4.04. The van der Waals surface area contributed by atoms with E-state index in [1.807, 2.05) is 12.3 Å². The highest BCUT2D eigenvalue weighted by atomic mass is 127. The van der Waals surface area contributed by atoms with Gasteiger partial charge in [0.1, 0.15) is 6.10 Å². The van der Waals surface area contributed by atoms with Crippen molar-refractivity contribution in [2.45, 2.75) is 63.3 Å². The van der Waals surface area contributed by atoms with E-state index in [2.05, 4.69) is 45.4 Å². The van der Waals surface area contributed by atoms with E-state index in [4.69, 9.17) is 4.74 Å². The van der Waals surface area contributed by atoms with E-state index in [1.165, 1.54) is 31.4 Å². The van der Waals surface area contributed by atoms with E-state index < -0.39 is 0 Å². The molecule has 26 heavy (non-hydrogen) atoms. The molecule has 5 nitrogen and oxygen atoms in total. The highest BCUT2D eigenvalue weighted by molar-refractivity contribution is 14.0. The van der Waals surface area contributed by atoms with Gasteiger partial charge < -0.3 is 15.4 Å². The molecule has 1 atom stereocenters. The Hall–Kier alpha value is -0.700. The van der Waals surface area contributed by atoms with Gasteiger partial charge in [0.15, 0.2) is 5.96 Å². The van der Waals surface area contributed by atoms with Crippen LogP contribution in [-0.4, -0.2) is 41.1 Å². The molecule has 1 aliphatic heterocycles. The summed E-state index contributed by atoms with van der Waals surface area (Å²) in [7, 11) is 0. The Morgan fingerprint density at radius 2 is 2.08 bits per heavy atom. The second-order valence-corrected chi connectivity index (χ2v) is 8.15. The van der Waals surface area contributed by atoms with Crippen LogP contribution in [0.1, 0.15) is 51.0 Å². The van der Waals surface area contributed by atoms with E-state index >= 15 is 0 Å². The molecule has 0 bridgehead atoms. The lowest BCUT2D eigenvalue weighted by molar-refractivity contribution is 0.201. The van der Waals surface area contributed by atoms with Crippen molar-refractivity contribution in [2.24, 2.45) is 4.99 Å². The highest BCUT2D eigenvalue weighted by Crippen LogP contribution is 2.25. The Labute approximate surface area is 178 Å². The number of guanidine groups is 1. The predicted octanol–water partition coefficient (Wildman–Crippen LogP) is 3.97. The second kappa shape index (κ2) is 11.9. The fraction of sp³-hybridized carbons (Fsp3) is 0.684. The zero-order valence-corrected chi connectivity index (χ0v) is 18.7.